The number of aliphatic hydroxyl groups is 1. The van der Waals surface area contributed by atoms with Gasteiger partial charge in [-0.25, -0.2) is 0 Å². The van der Waals surface area contributed by atoms with Crippen LogP contribution >= 0.6 is 23.2 Å². The number of ketones is 1. The summed E-state index contributed by atoms with van der Waals surface area (Å²) in [6.07, 6.45) is 0.993. The van der Waals surface area contributed by atoms with E-state index in [0.29, 0.717) is 0 Å². The molecule has 5 nitrogen and oxygen atoms in total. The minimum absolute atomic E-state index is 0.121. The summed E-state index contributed by atoms with van der Waals surface area (Å²) in [6, 6.07) is 7.81. The number of aromatic nitrogens is 1. The molecule has 2 aromatic rings. The smallest absolute Gasteiger partial charge is 0.261 e. The van der Waals surface area contributed by atoms with Crippen LogP contribution in [-0.4, -0.2) is 21.8 Å². The van der Waals surface area contributed by atoms with Gasteiger partial charge >= 0.3 is 0 Å². The number of hydrogen-bond acceptors (Lipinski definition) is 4. The zero-order valence-electron chi connectivity index (χ0n) is 11.1. The van der Waals surface area contributed by atoms with E-state index in [-0.39, 0.29) is 27.0 Å². The molecule has 0 unspecified atom stereocenters. The Bertz CT molecular complexity index is 780. The van der Waals surface area contributed by atoms with Gasteiger partial charge in [0.05, 0.1) is 17.1 Å². The lowest BCUT2D eigenvalue weighted by Crippen LogP contribution is -2.36. The molecule has 2 N–H and O–H groups in total. The normalized spacial score (nSPS) is 19.7. The first-order chi connectivity index (χ1) is 10.4. The summed E-state index contributed by atoms with van der Waals surface area (Å²) in [5.41, 5.74) is -1.55. The van der Waals surface area contributed by atoms with Crippen LogP contribution in [0.2, 0.25) is 10.0 Å². The van der Waals surface area contributed by atoms with Crippen LogP contribution in [0.25, 0.3) is 0 Å². The average molecular weight is 337 g/mol. The molecule has 1 aliphatic rings. The minimum Gasteiger partial charge on any atom is -0.375 e. The lowest BCUT2D eigenvalue weighted by Gasteiger charge is -2.20. The number of rotatable bonds is 3. The number of nitrogens with one attached hydrogen (secondary N) is 1. The molecule has 0 bridgehead atoms. The van der Waals surface area contributed by atoms with Gasteiger partial charge in [0.25, 0.3) is 5.91 Å². The first-order valence-corrected chi connectivity index (χ1v) is 7.15. The van der Waals surface area contributed by atoms with Crippen molar-refractivity contribution in [3.63, 3.8) is 0 Å². The minimum atomic E-state index is -2.06. The lowest BCUT2D eigenvalue weighted by atomic mass is 9.89. The monoisotopic (exact) mass is 336 g/mol. The van der Waals surface area contributed by atoms with Crippen molar-refractivity contribution in [3.05, 3.63) is 57.8 Å². The second-order valence-corrected chi connectivity index (χ2v) is 5.72. The molecular formula is C15H10Cl2N2O3. The summed E-state index contributed by atoms with van der Waals surface area (Å²) in [4.78, 5) is 28.4. The molecule has 1 aromatic carbocycles. The molecule has 0 saturated carbocycles. The molecule has 0 radical (unpaired) electrons. The van der Waals surface area contributed by atoms with E-state index in [2.05, 4.69) is 10.3 Å². The number of pyridine rings is 1. The predicted molar refractivity (Wildman–Crippen MR) is 82.2 cm³/mol. The third kappa shape index (κ3) is 2.27. The van der Waals surface area contributed by atoms with Crippen LogP contribution in [0.3, 0.4) is 0 Å². The second kappa shape index (κ2) is 5.35. The summed E-state index contributed by atoms with van der Waals surface area (Å²) in [7, 11) is 0. The number of benzene rings is 1. The van der Waals surface area contributed by atoms with Crippen LogP contribution in [-0.2, 0) is 10.4 Å². The zero-order chi connectivity index (χ0) is 15.9. The second-order valence-electron chi connectivity index (χ2n) is 4.91. The number of halogens is 2. The van der Waals surface area contributed by atoms with E-state index in [1.165, 1.54) is 24.4 Å². The van der Waals surface area contributed by atoms with E-state index in [1.807, 2.05) is 0 Å². The summed E-state index contributed by atoms with van der Waals surface area (Å²) in [5, 5.41) is 13.6. The highest BCUT2D eigenvalue weighted by molar-refractivity contribution is 6.38. The van der Waals surface area contributed by atoms with Crippen LogP contribution in [0.4, 0.5) is 5.69 Å². The van der Waals surface area contributed by atoms with Gasteiger partial charge in [-0.15, -0.1) is 0 Å². The van der Waals surface area contributed by atoms with Crippen LogP contribution < -0.4 is 5.32 Å². The first kappa shape index (κ1) is 15.0. The fraction of sp³-hybridized carbons (Fsp3) is 0.133. The average Bonchev–Trinajstić information content (AvgIpc) is 2.77. The van der Waals surface area contributed by atoms with Gasteiger partial charge in [-0.2, -0.15) is 0 Å². The lowest BCUT2D eigenvalue weighted by molar-refractivity contribution is -0.133. The van der Waals surface area contributed by atoms with E-state index in [1.54, 1.807) is 12.1 Å². The van der Waals surface area contributed by atoms with Crippen LogP contribution in [0.1, 0.15) is 22.5 Å². The molecule has 3 rings (SSSR count). The Morgan fingerprint density at radius 3 is 2.64 bits per heavy atom. The van der Waals surface area contributed by atoms with Crippen molar-refractivity contribution in [2.75, 3.05) is 5.32 Å². The molecule has 112 valence electrons. The molecular weight excluding hydrogens is 327 g/mol. The molecule has 22 heavy (non-hydrogen) atoms. The van der Waals surface area contributed by atoms with Crippen LogP contribution in [0, 0.1) is 0 Å². The Hall–Kier alpha value is -1.95. The number of nitrogens with zero attached hydrogens (tertiary/aromatic N) is 1. The van der Waals surface area contributed by atoms with E-state index in [4.69, 9.17) is 23.2 Å². The van der Waals surface area contributed by atoms with Gasteiger partial charge in [0, 0.05) is 16.8 Å². The first-order valence-electron chi connectivity index (χ1n) is 6.40. The van der Waals surface area contributed by atoms with E-state index >= 15 is 0 Å². The van der Waals surface area contributed by atoms with Crippen molar-refractivity contribution in [1.82, 2.24) is 4.98 Å². The highest BCUT2D eigenvalue weighted by atomic mass is 35.5. The Kier molecular flexibility index (Phi) is 3.64. The zero-order valence-corrected chi connectivity index (χ0v) is 12.6. The molecule has 2 heterocycles. The molecule has 0 aliphatic carbocycles. The Balaban J connectivity index is 2.03. The summed E-state index contributed by atoms with van der Waals surface area (Å²) < 4.78 is 0. The topological polar surface area (TPSA) is 79.3 Å². The standard InChI is InChI=1S/C15H10Cl2N2O3/c16-8-4-5-9(17)13-12(8)15(22,14(21)19-13)7-11(20)10-3-1-2-6-18-10/h1-6,22H,7H2,(H,19,21)/t15-/m0/s1. The third-order valence-corrected chi connectivity index (χ3v) is 4.13. The van der Waals surface area contributed by atoms with Crippen molar-refractivity contribution >= 4 is 40.6 Å². The maximum Gasteiger partial charge on any atom is 0.261 e. The highest BCUT2D eigenvalue weighted by Gasteiger charge is 2.49. The largest absolute Gasteiger partial charge is 0.375 e. The van der Waals surface area contributed by atoms with Gasteiger partial charge < -0.3 is 10.4 Å². The van der Waals surface area contributed by atoms with E-state index in [0.717, 1.165) is 0 Å². The number of amides is 1. The maximum atomic E-state index is 12.3. The molecule has 1 aromatic heterocycles. The fourth-order valence-electron chi connectivity index (χ4n) is 2.43. The van der Waals surface area contributed by atoms with Crippen molar-refractivity contribution in [2.45, 2.75) is 12.0 Å². The van der Waals surface area contributed by atoms with E-state index in [9.17, 15) is 14.7 Å². The molecule has 0 spiro atoms. The summed E-state index contributed by atoms with van der Waals surface area (Å²) in [5.74, 6) is -1.20. The predicted octanol–water partition coefficient (Wildman–Crippen LogP) is 2.80. The Labute approximate surface area is 135 Å². The number of Topliss-reactive ketones (excluding diaryl/α,β-unsaturated/α-hetero) is 1. The summed E-state index contributed by atoms with van der Waals surface area (Å²) >= 11 is 12.1. The molecule has 1 atom stereocenters. The maximum absolute atomic E-state index is 12.3. The Morgan fingerprint density at radius 2 is 1.95 bits per heavy atom. The number of carbonyl (C=O) groups is 2. The quantitative estimate of drug-likeness (QED) is 0.844. The van der Waals surface area contributed by atoms with Gasteiger partial charge in [0.1, 0.15) is 5.69 Å². The third-order valence-electron chi connectivity index (χ3n) is 3.50. The number of hydrogen-bond donors (Lipinski definition) is 2. The summed E-state index contributed by atoms with van der Waals surface area (Å²) in [6.45, 7) is 0. The van der Waals surface area contributed by atoms with Gasteiger partial charge in [-0.1, -0.05) is 29.3 Å². The van der Waals surface area contributed by atoms with Crippen molar-refractivity contribution in [1.29, 1.82) is 0 Å². The molecule has 0 saturated heterocycles. The van der Waals surface area contributed by atoms with Crippen molar-refractivity contribution in [3.8, 4) is 0 Å². The van der Waals surface area contributed by atoms with Gasteiger partial charge in [-0.05, 0) is 24.3 Å². The molecule has 1 aliphatic heterocycles. The van der Waals surface area contributed by atoms with Gasteiger partial charge in [0.2, 0.25) is 0 Å². The van der Waals surface area contributed by atoms with Crippen LogP contribution in [0.15, 0.2) is 36.5 Å². The fourth-order valence-corrected chi connectivity index (χ4v) is 2.95. The van der Waals surface area contributed by atoms with Crippen molar-refractivity contribution in [2.24, 2.45) is 0 Å². The highest BCUT2D eigenvalue weighted by Crippen LogP contribution is 2.46. The molecule has 1 amide bonds. The van der Waals surface area contributed by atoms with Gasteiger partial charge in [0.15, 0.2) is 11.4 Å². The van der Waals surface area contributed by atoms with Crippen LogP contribution in [0.5, 0.6) is 0 Å². The Morgan fingerprint density at radius 1 is 1.23 bits per heavy atom. The van der Waals surface area contributed by atoms with E-state index < -0.39 is 23.7 Å². The number of fused-ring (bicyclic) bond motifs is 1. The van der Waals surface area contributed by atoms with Crippen molar-refractivity contribution < 1.29 is 14.7 Å². The number of anilines is 1. The SMILES string of the molecule is O=C(C[C@@]1(O)C(=O)Nc2c(Cl)ccc(Cl)c21)c1ccccn1. The number of carbonyl (C=O) groups excluding carboxylic acids is 2. The molecule has 0 fully saturated rings. The molecule has 7 heteroatoms. The van der Waals surface area contributed by atoms with Gasteiger partial charge in [-0.3, -0.25) is 14.6 Å².